The van der Waals surface area contributed by atoms with E-state index in [1.54, 1.807) is 0 Å². The van der Waals surface area contributed by atoms with Gasteiger partial charge in [-0.25, -0.2) is 0 Å². The van der Waals surface area contributed by atoms with E-state index in [1.165, 1.54) is 0 Å². The van der Waals surface area contributed by atoms with Gasteiger partial charge in [0.1, 0.15) is 5.78 Å². The molecule has 0 unspecified atom stereocenters. The standard InChI is InChI=1S/C8H13NO2/c9-8(11)4-2-6-1-3-7(10)5-6/h6H,1-5H2,(H2,9,11)/t6-/m1/s1. The number of nitrogens with two attached hydrogens (primary N) is 1. The Hall–Kier alpha value is -0.860. The molecule has 11 heavy (non-hydrogen) atoms. The smallest absolute Gasteiger partial charge is 0.217 e. The molecule has 1 atom stereocenters. The molecule has 1 rings (SSSR count). The summed E-state index contributed by atoms with van der Waals surface area (Å²) in [5.41, 5.74) is 4.98. The molecule has 62 valence electrons. The summed E-state index contributed by atoms with van der Waals surface area (Å²) in [7, 11) is 0. The molecule has 3 heteroatoms. The van der Waals surface area contributed by atoms with Crippen LogP contribution in [0.15, 0.2) is 0 Å². The van der Waals surface area contributed by atoms with Crippen molar-refractivity contribution in [3.63, 3.8) is 0 Å². The molecule has 0 spiro atoms. The van der Waals surface area contributed by atoms with Crippen LogP contribution in [0.1, 0.15) is 32.1 Å². The third-order valence-corrected chi connectivity index (χ3v) is 2.15. The van der Waals surface area contributed by atoms with Crippen LogP contribution >= 0.6 is 0 Å². The zero-order valence-electron chi connectivity index (χ0n) is 6.51. The van der Waals surface area contributed by atoms with Gasteiger partial charge in [-0.05, 0) is 18.8 Å². The Bertz CT molecular complexity index is 177. The molecular weight excluding hydrogens is 142 g/mol. The summed E-state index contributed by atoms with van der Waals surface area (Å²) in [5.74, 6) is 0.499. The van der Waals surface area contributed by atoms with Crippen molar-refractivity contribution >= 4 is 11.7 Å². The first-order valence-corrected chi connectivity index (χ1v) is 3.98. The minimum absolute atomic E-state index is 0.260. The van der Waals surface area contributed by atoms with Crippen molar-refractivity contribution in [1.82, 2.24) is 0 Å². The summed E-state index contributed by atoms with van der Waals surface area (Å²) < 4.78 is 0. The number of carbonyl (C=O) groups excluding carboxylic acids is 2. The van der Waals surface area contributed by atoms with Gasteiger partial charge in [-0.1, -0.05) is 0 Å². The fourth-order valence-corrected chi connectivity index (χ4v) is 1.48. The number of rotatable bonds is 3. The second-order valence-corrected chi connectivity index (χ2v) is 3.15. The van der Waals surface area contributed by atoms with Gasteiger partial charge in [-0.3, -0.25) is 9.59 Å². The van der Waals surface area contributed by atoms with Gasteiger partial charge < -0.3 is 5.73 Å². The number of primary amides is 1. The number of amides is 1. The van der Waals surface area contributed by atoms with Gasteiger partial charge in [-0.15, -0.1) is 0 Å². The third kappa shape index (κ3) is 2.70. The predicted molar refractivity (Wildman–Crippen MR) is 40.8 cm³/mol. The molecule has 0 aromatic rings. The summed E-state index contributed by atoms with van der Waals surface area (Å²) >= 11 is 0. The highest BCUT2D eigenvalue weighted by atomic mass is 16.1. The molecule has 1 fully saturated rings. The van der Waals surface area contributed by atoms with E-state index >= 15 is 0 Å². The lowest BCUT2D eigenvalue weighted by atomic mass is 10.0. The van der Waals surface area contributed by atoms with Gasteiger partial charge >= 0.3 is 0 Å². The first kappa shape index (κ1) is 8.24. The number of Topliss-reactive ketones (excluding diaryl/α,β-unsaturated/α-hetero) is 1. The van der Waals surface area contributed by atoms with Gasteiger partial charge in [0.05, 0.1) is 0 Å². The van der Waals surface area contributed by atoms with Crippen molar-refractivity contribution < 1.29 is 9.59 Å². The Balaban J connectivity index is 2.18. The summed E-state index contributed by atoms with van der Waals surface area (Å²) in [6.45, 7) is 0. The van der Waals surface area contributed by atoms with Gasteiger partial charge in [0.2, 0.25) is 5.91 Å². The number of ketones is 1. The van der Waals surface area contributed by atoms with Crippen LogP contribution in [0.25, 0.3) is 0 Å². The maximum absolute atomic E-state index is 10.8. The van der Waals surface area contributed by atoms with Gasteiger partial charge in [-0.2, -0.15) is 0 Å². The second-order valence-electron chi connectivity index (χ2n) is 3.15. The number of hydrogen-bond donors (Lipinski definition) is 1. The lowest BCUT2D eigenvalue weighted by Crippen LogP contribution is -2.11. The van der Waals surface area contributed by atoms with Gasteiger partial charge in [0.25, 0.3) is 0 Å². The summed E-state index contributed by atoms with van der Waals surface area (Å²) in [4.78, 5) is 21.2. The third-order valence-electron chi connectivity index (χ3n) is 2.15. The number of carbonyl (C=O) groups is 2. The van der Waals surface area contributed by atoms with Crippen molar-refractivity contribution in [2.45, 2.75) is 32.1 Å². The normalized spacial score (nSPS) is 24.0. The summed E-state index contributed by atoms with van der Waals surface area (Å²) in [6.07, 6.45) is 3.53. The van der Waals surface area contributed by atoms with Crippen LogP contribution in [0.5, 0.6) is 0 Å². The topological polar surface area (TPSA) is 60.2 Å². The monoisotopic (exact) mass is 155 g/mol. The average molecular weight is 155 g/mol. The molecular formula is C8H13NO2. The van der Waals surface area contributed by atoms with Crippen LogP contribution in [0.4, 0.5) is 0 Å². The zero-order chi connectivity index (χ0) is 8.27. The van der Waals surface area contributed by atoms with Crippen molar-refractivity contribution in [2.75, 3.05) is 0 Å². The van der Waals surface area contributed by atoms with Crippen molar-refractivity contribution in [3.05, 3.63) is 0 Å². The number of hydrogen-bond acceptors (Lipinski definition) is 2. The van der Waals surface area contributed by atoms with E-state index in [4.69, 9.17) is 5.73 Å². The highest BCUT2D eigenvalue weighted by Gasteiger charge is 2.21. The van der Waals surface area contributed by atoms with Crippen LogP contribution < -0.4 is 5.73 Å². The molecule has 0 heterocycles. The van der Waals surface area contributed by atoms with E-state index in [0.29, 0.717) is 31.0 Å². The Morgan fingerprint density at radius 3 is 2.82 bits per heavy atom. The highest BCUT2D eigenvalue weighted by molar-refractivity contribution is 5.80. The SMILES string of the molecule is NC(=O)CC[C@H]1CCC(=O)C1. The molecule has 0 radical (unpaired) electrons. The minimum atomic E-state index is -0.260. The predicted octanol–water partition coefficient (Wildman–Crippen LogP) is 0.621. The Kier molecular flexibility index (Phi) is 2.63. The fraction of sp³-hybridized carbons (Fsp3) is 0.750. The molecule has 3 nitrogen and oxygen atoms in total. The average Bonchev–Trinajstić information content (AvgIpc) is 2.31. The van der Waals surface area contributed by atoms with Gasteiger partial charge in [0, 0.05) is 19.3 Å². The quantitative estimate of drug-likeness (QED) is 0.649. The maximum Gasteiger partial charge on any atom is 0.217 e. The van der Waals surface area contributed by atoms with E-state index in [2.05, 4.69) is 0 Å². The van der Waals surface area contributed by atoms with Crippen LogP contribution in [-0.4, -0.2) is 11.7 Å². The molecule has 0 saturated heterocycles. The lowest BCUT2D eigenvalue weighted by Gasteiger charge is -2.03. The molecule has 0 bridgehead atoms. The fourth-order valence-electron chi connectivity index (χ4n) is 1.48. The summed E-state index contributed by atoms with van der Waals surface area (Å²) in [5, 5.41) is 0. The highest BCUT2D eigenvalue weighted by Crippen LogP contribution is 2.25. The summed E-state index contributed by atoms with van der Waals surface area (Å²) in [6, 6.07) is 0. The Morgan fingerprint density at radius 2 is 2.36 bits per heavy atom. The van der Waals surface area contributed by atoms with Crippen LogP contribution in [0.2, 0.25) is 0 Å². The second kappa shape index (κ2) is 3.51. The van der Waals surface area contributed by atoms with E-state index in [9.17, 15) is 9.59 Å². The molecule has 1 amide bonds. The van der Waals surface area contributed by atoms with Crippen molar-refractivity contribution in [1.29, 1.82) is 0 Å². The van der Waals surface area contributed by atoms with E-state index in [0.717, 1.165) is 12.8 Å². The molecule has 1 aliphatic carbocycles. The first-order valence-electron chi connectivity index (χ1n) is 3.98. The Labute approximate surface area is 66.0 Å². The van der Waals surface area contributed by atoms with Crippen LogP contribution in [-0.2, 0) is 9.59 Å². The lowest BCUT2D eigenvalue weighted by molar-refractivity contribution is -0.119. The molecule has 0 aliphatic heterocycles. The van der Waals surface area contributed by atoms with Crippen molar-refractivity contribution in [3.8, 4) is 0 Å². The van der Waals surface area contributed by atoms with Crippen LogP contribution in [0.3, 0.4) is 0 Å². The molecule has 1 saturated carbocycles. The molecule has 0 aromatic carbocycles. The largest absolute Gasteiger partial charge is 0.370 e. The molecule has 1 aliphatic rings. The van der Waals surface area contributed by atoms with E-state index < -0.39 is 0 Å². The molecule has 0 aromatic heterocycles. The zero-order valence-corrected chi connectivity index (χ0v) is 6.51. The van der Waals surface area contributed by atoms with Crippen LogP contribution in [0, 0.1) is 5.92 Å². The van der Waals surface area contributed by atoms with Gasteiger partial charge in [0.15, 0.2) is 0 Å². The van der Waals surface area contributed by atoms with E-state index in [1.807, 2.05) is 0 Å². The molecule has 2 N–H and O–H groups in total. The minimum Gasteiger partial charge on any atom is -0.370 e. The van der Waals surface area contributed by atoms with Crippen molar-refractivity contribution in [2.24, 2.45) is 11.7 Å². The maximum atomic E-state index is 10.8. The first-order chi connectivity index (χ1) is 5.18. The Morgan fingerprint density at radius 1 is 1.64 bits per heavy atom. The van der Waals surface area contributed by atoms with E-state index in [-0.39, 0.29) is 5.91 Å².